The summed E-state index contributed by atoms with van der Waals surface area (Å²) in [5, 5.41) is 3.06. The fourth-order valence-electron chi connectivity index (χ4n) is 1.68. The summed E-state index contributed by atoms with van der Waals surface area (Å²) in [7, 11) is 0. The Morgan fingerprint density at radius 3 is 2.71 bits per heavy atom. The summed E-state index contributed by atoms with van der Waals surface area (Å²) in [6.45, 7) is 2.63. The number of halogens is 3. The van der Waals surface area contributed by atoms with Gasteiger partial charge in [-0.25, -0.2) is 0 Å². The Labute approximate surface area is 79.9 Å². The molecule has 0 spiro atoms. The van der Waals surface area contributed by atoms with E-state index < -0.39 is 11.7 Å². The third-order valence-electron chi connectivity index (χ3n) is 2.51. The van der Waals surface area contributed by atoms with Gasteiger partial charge in [0.1, 0.15) is 0 Å². The number of fused-ring (bicyclic) bond motifs is 1. The molecule has 76 valence electrons. The lowest BCUT2D eigenvalue weighted by Crippen LogP contribution is -2.05. The van der Waals surface area contributed by atoms with E-state index in [2.05, 4.69) is 5.32 Å². The molecule has 0 fully saturated rings. The normalized spacial score (nSPS) is 20.4. The molecule has 1 aromatic carbocycles. The van der Waals surface area contributed by atoms with Crippen LogP contribution in [0.1, 0.15) is 24.0 Å². The van der Waals surface area contributed by atoms with Crippen LogP contribution in [0.4, 0.5) is 18.9 Å². The van der Waals surface area contributed by atoms with Gasteiger partial charge in [-0.1, -0.05) is 6.92 Å². The maximum absolute atomic E-state index is 12.4. The van der Waals surface area contributed by atoms with Crippen molar-refractivity contribution in [3.05, 3.63) is 29.3 Å². The van der Waals surface area contributed by atoms with Crippen molar-refractivity contribution in [2.24, 2.45) is 0 Å². The monoisotopic (exact) mass is 201 g/mol. The number of alkyl halides is 3. The molecule has 2 rings (SSSR count). The summed E-state index contributed by atoms with van der Waals surface area (Å²) in [6.07, 6.45) is -4.24. The highest BCUT2D eigenvalue weighted by atomic mass is 19.4. The van der Waals surface area contributed by atoms with Crippen molar-refractivity contribution in [1.29, 1.82) is 0 Å². The second-order valence-corrected chi connectivity index (χ2v) is 3.58. The molecule has 0 aromatic heterocycles. The molecule has 4 heteroatoms. The largest absolute Gasteiger partial charge is 0.416 e. The van der Waals surface area contributed by atoms with E-state index in [0.29, 0.717) is 0 Å². The molecule has 0 saturated heterocycles. The van der Waals surface area contributed by atoms with Crippen LogP contribution in [0.15, 0.2) is 18.2 Å². The molecule has 0 bridgehead atoms. The van der Waals surface area contributed by atoms with Crippen LogP contribution in [-0.2, 0) is 6.18 Å². The molecule has 0 amide bonds. The van der Waals surface area contributed by atoms with Gasteiger partial charge in [-0.2, -0.15) is 13.2 Å². The summed E-state index contributed by atoms with van der Waals surface area (Å²) in [6, 6.07) is 3.85. The number of benzene rings is 1. The van der Waals surface area contributed by atoms with E-state index in [1.807, 2.05) is 6.92 Å². The van der Waals surface area contributed by atoms with Crippen molar-refractivity contribution in [2.45, 2.75) is 19.0 Å². The van der Waals surface area contributed by atoms with Crippen LogP contribution in [0.5, 0.6) is 0 Å². The van der Waals surface area contributed by atoms with E-state index in [1.54, 1.807) is 0 Å². The maximum atomic E-state index is 12.4. The van der Waals surface area contributed by atoms with Gasteiger partial charge in [0, 0.05) is 18.2 Å². The van der Waals surface area contributed by atoms with Gasteiger partial charge < -0.3 is 5.32 Å². The van der Waals surface area contributed by atoms with Crippen LogP contribution >= 0.6 is 0 Å². The van der Waals surface area contributed by atoms with Gasteiger partial charge in [0.15, 0.2) is 0 Å². The van der Waals surface area contributed by atoms with Gasteiger partial charge in [0.25, 0.3) is 0 Å². The minimum atomic E-state index is -4.24. The first-order valence-corrected chi connectivity index (χ1v) is 4.43. The average Bonchev–Trinajstić information content (AvgIpc) is 2.46. The van der Waals surface area contributed by atoms with Crippen LogP contribution in [0, 0.1) is 0 Å². The van der Waals surface area contributed by atoms with Gasteiger partial charge >= 0.3 is 6.18 Å². The molecule has 1 nitrogen and oxygen atoms in total. The van der Waals surface area contributed by atoms with Crippen LogP contribution in [-0.4, -0.2) is 6.54 Å². The quantitative estimate of drug-likeness (QED) is 0.679. The summed E-state index contributed by atoms with van der Waals surface area (Å²) in [5.74, 6) is 0.160. The lowest BCUT2D eigenvalue weighted by atomic mass is 10.0. The smallest absolute Gasteiger partial charge is 0.384 e. The average molecular weight is 201 g/mol. The number of rotatable bonds is 0. The summed E-state index contributed by atoms with van der Waals surface area (Å²) in [5.41, 5.74) is 1.03. The van der Waals surface area contributed by atoms with E-state index in [-0.39, 0.29) is 5.92 Å². The fourth-order valence-corrected chi connectivity index (χ4v) is 1.68. The first kappa shape index (κ1) is 9.37. The third kappa shape index (κ3) is 1.45. The lowest BCUT2D eigenvalue weighted by molar-refractivity contribution is -0.137. The van der Waals surface area contributed by atoms with E-state index >= 15 is 0 Å². The van der Waals surface area contributed by atoms with Crippen molar-refractivity contribution in [1.82, 2.24) is 0 Å². The molecule has 0 saturated carbocycles. The fraction of sp³-hybridized carbons (Fsp3) is 0.400. The van der Waals surface area contributed by atoms with E-state index in [9.17, 15) is 13.2 Å². The van der Waals surface area contributed by atoms with Crippen LogP contribution < -0.4 is 5.32 Å². The zero-order chi connectivity index (χ0) is 10.3. The molecule has 1 heterocycles. The van der Waals surface area contributed by atoms with Gasteiger partial charge in [0.2, 0.25) is 0 Å². The van der Waals surface area contributed by atoms with Crippen LogP contribution in [0.2, 0.25) is 0 Å². The van der Waals surface area contributed by atoms with E-state index in [1.165, 1.54) is 12.1 Å². The number of anilines is 1. The van der Waals surface area contributed by atoms with Crippen molar-refractivity contribution in [3.8, 4) is 0 Å². The molecule has 1 unspecified atom stereocenters. The Kier molecular flexibility index (Phi) is 1.94. The van der Waals surface area contributed by atoms with Crippen LogP contribution in [0.3, 0.4) is 0 Å². The summed E-state index contributed by atoms with van der Waals surface area (Å²) < 4.78 is 37.1. The predicted molar refractivity (Wildman–Crippen MR) is 48.3 cm³/mol. The predicted octanol–water partition coefficient (Wildman–Crippen LogP) is 3.23. The minimum Gasteiger partial charge on any atom is -0.384 e. The SMILES string of the molecule is CC1CNc2ccc(C(F)(F)F)cc21. The molecule has 0 aliphatic carbocycles. The summed E-state index contributed by atoms with van der Waals surface area (Å²) >= 11 is 0. The van der Waals surface area contributed by atoms with E-state index in [0.717, 1.165) is 23.9 Å². The topological polar surface area (TPSA) is 12.0 Å². The standard InChI is InChI=1S/C10H10F3N/c1-6-5-14-9-3-2-7(4-8(6)9)10(11,12)13/h2-4,6,14H,5H2,1H3. The zero-order valence-corrected chi connectivity index (χ0v) is 7.65. The van der Waals surface area contributed by atoms with Gasteiger partial charge in [-0.15, -0.1) is 0 Å². The third-order valence-corrected chi connectivity index (χ3v) is 2.51. The molecule has 1 N–H and O–H groups in total. The van der Waals surface area contributed by atoms with E-state index in [4.69, 9.17) is 0 Å². The van der Waals surface area contributed by atoms with Crippen molar-refractivity contribution >= 4 is 5.69 Å². The van der Waals surface area contributed by atoms with Crippen molar-refractivity contribution in [3.63, 3.8) is 0 Å². The van der Waals surface area contributed by atoms with Gasteiger partial charge in [-0.05, 0) is 23.8 Å². The highest BCUT2D eigenvalue weighted by molar-refractivity contribution is 5.58. The highest BCUT2D eigenvalue weighted by Crippen LogP contribution is 2.37. The first-order chi connectivity index (χ1) is 6.48. The molecule has 1 aliphatic heterocycles. The second kappa shape index (κ2) is 2.90. The molecule has 1 aromatic rings. The minimum absolute atomic E-state index is 0.160. The molecule has 1 aliphatic rings. The lowest BCUT2D eigenvalue weighted by Gasteiger charge is -2.09. The number of hydrogen-bond donors (Lipinski definition) is 1. The Bertz CT molecular complexity index is 357. The zero-order valence-electron chi connectivity index (χ0n) is 7.65. The Morgan fingerprint density at radius 1 is 1.36 bits per heavy atom. The molecule has 0 radical (unpaired) electrons. The second-order valence-electron chi connectivity index (χ2n) is 3.58. The Balaban J connectivity index is 2.45. The van der Waals surface area contributed by atoms with Gasteiger partial charge in [0.05, 0.1) is 5.56 Å². The number of hydrogen-bond acceptors (Lipinski definition) is 1. The van der Waals surface area contributed by atoms with Crippen LogP contribution in [0.25, 0.3) is 0 Å². The number of nitrogens with one attached hydrogen (secondary N) is 1. The molecule has 14 heavy (non-hydrogen) atoms. The van der Waals surface area contributed by atoms with Crippen molar-refractivity contribution < 1.29 is 13.2 Å². The Hall–Kier alpha value is -1.19. The first-order valence-electron chi connectivity index (χ1n) is 4.43. The molecular formula is C10H10F3N. The molecular weight excluding hydrogens is 191 g/mol. The highest BCUT2D eigenvalue weighted by Gasteiger charge is 2.32. The Morgan fingerprint density at radius 2 is 2.07 bits per heavy atom. The van der Waals surface area contributed by atoms with Gasteiger partial charge in [-0.3, -0.25) is 0 Å². The molecule has 1 atom stereocenters. The summed E-state index contributed by atoms with van der Waals surface area (Å²) in [4.78, 5) is 0. The maximum Gasteiger partial charge on any atom is 0.416 e. The van der Waals surface area contributed by atoms with Crippen molar-refractivity contribution in [2.75, 3.05) is 11.9 Å².